The first-order valence-electron chi connectivity index (χ1n) is 10.9. The summed E-state index contributed by atoms with van der Waals surface area (Å²) in [7, 11) is -3.80. The van der Waals surface area contributed by atoms with E-state index in [0.717, 1.165) is 24.0 Å². The molecule has 2 aliphatic rings. The predicted molar refractivity (Wildman–Crippen MR) is 120 cm³/mol. The van der Waals surface area contributed by atoms with Crippen molar-refractivity contribution in [1.29, 1.82) is 0 Å². The number of carbonyl (C=O) groups excluding carboxylic acids is 1. The fourth-order valence-corrected chi connectivity index (χ4v) is 6.16. The summed E-state index contributed by atoms with van der Waals surface area (Å²) in [6.07, 6.45) is 5.96. The van der Waals surface area contributed by atoms with Crippen LogP contribution in [0.4, 0.5) is 5.69 Å². The van der Waals surface area contributed by atoms with Crippen LogP contribution in [0.15, 0.2) is 47.4 Å². The number of sulfonamides is 1. The third-order valence-corrected chi connectivity index (χ3v) is 8.12. The molecule has 1 heterocycles. The maximum Gasteiger partial charge on any atom is 0.265 e. The smallest absolute Gasteiger partial charge is 0.265 e. The topological polar surface area (TPSA) is 66.5 Å². The van der Waals surface area contributed by atoms with Crippen LogP contribution in [0.5, 0.6) is 0 Å². The van der Waals surface area contributed by atoms with E-state index in [1.54, 1.807) is 12.1 Å². The number of hydrogen-bond donors (Lipinski definition) is 1. The Morgan fingerprint density at radius 3 is 2.53 bits per heavy atom. The molecular weight excluding hydrogens is 396 g/mol. The van der Waals surface area contributed by atoms with Crippen LogP contribution in [0.2, 0.25) is 0 Å². The lowest BCUT2D eigenvalue weighted by Gasteiger charge is -2.32. The SMILES string of the molecule is CC(C)c1ccc2c(c1)-c1ccccc1S(=O)(=O)N2CC(=O)NCC1CCCCC1. The molecule has 0 aromatic heterocycles. The van der Waals surface area contributed by atoms with Crippen molar-refractivity contribution in [1.82, 2.24) is 5.32 Å². The summed E-state index contributed by atoms with van der Waals surface area (Å²) in [5, 5.41) is 2.98. The zero-order valence-corrected chi connectivity index (χ0v) is 18.5. The highest BCUT2D eigenvalue weighted by atomic mass is 32.2. The molecule has 30 heavy (non-hydrogen) atoms. The van der Waals surface area contributed by atoms with Gasteiger partial charge in [-0.25, -0.2) is 8.42 Å². The largest absolute Gasteiger partial charge is 0.354 e. The number of nitrogens with zero attached hydrogens (tertiary/aromatic N) is 1. The average molecular weight is 427 g/mol. The molecule has 1 aliphatic carbocycles. The molecule has 0 bridgehead atoms. The van der Waals surface area contributed by atoms with E-state index < -0.39 is 10.0 Å². The van der Waals surface area contributed by atoms with Crippen LogP contribution in [0.25, 0.3) is 11.1 Å². The average Bonchev–Trinajstić information content (AvgIpc) is 2.75. The second kappa shape index (κ2) is 8.42. The first-order chi connectivity index (χ1) is 14.4. The maximum absolute atomic E-state index is 13.4. The molecule has 4 rings (SSSR count). The molecule has 6 heteroatoms. The second-order valence-corrected chi connectivity index (χ2v) is 10.6. The van der Waals surface area contributed by atoms with Crippen LogP contribution in [-0.2, 0) is 14.8 Å². The lowest BCUT2D eigenvalue weighted by Crippen LogP contribution is -2.43. The molecule has 0 spiro atoms. The van der Waals surface area contributed by atoms with Crippen molar-refractivity contribution in [2.24, 2.45) is 5.92 Å². The molecule has 0 unspecified atom stereocenters. The number of hydrogen-bond acceptors (Lipinski definition) is 3. The summed E-state index contributed by atoms with van der Waals surface area (Å²) in [5.74, 6) is 0.581. The van der Waals surface area contributed by atoms with Gasteiger partial charge in [-0.3, -0.25) is 9.10 Å². The van der Waals surface area contributed by atoms with Crippen LogP contribution < -0.4 is 9.62 Å². The van der Waals surface area contributed by atoms with E-state index >= 15 is 0 Å². The first kappa shape index (κ1) is 20.9. The van der Waals surface area contributed by atoms with Gasteiger partial charge in [-0.15, -0.1) is 0 Å². The van der Waals surface area contributed by atoms with E-state index in [1.807, 2.05) is 24.3 Å². The lowest BCUT2D eigenvalue weighted by atomic mass is 9.89. The van der Waals surface area contributed by atoms with Crippen molar-refractivity contribution in [3.05, 3.63) is 48.0 Å². The molecule has 2 aromatic rings. The van der Waals surface area contributed by atoms with Gasteiger partial charge in [0, 0.05) is 17.7 Å². The van der Waals surface area contributed by atoms with Crippen molar-refractivity contribution in [3.63, 3.8) is 0 Å². The Kier molecular flexibility index (Phi) is 5.87. The molecule has 1 amide bonds. The molecule has 1 saturated carbocycles. The highest BCUT2D eigenvalue weighted by Gasteiger charge is 2.36. The molecule has 0 atom stereocenters. The van der Waals surface area contributed by atoms with E-state index in [2.05, 4.69) is 25.2 Å². The van der Waals surface area contributed by atoms with E-state index in [0.29, 0.717) is 29.6 Å². The number of anilines is 1. The minimum atomic E-state index is -3.80. The van der Waals surface area contributed by atoms with E-state index in [9.17, 15) is 13.2 Å². The van der Waals surface area contributed by atoms with Crippen molar-refractivity contribution < 1.29 is 13.2 Å². The molecule has 1 N–H and O–H groups in total. The third-order valence-electron chi connectivity index (χ3n) is 6.30. The lowest BCUT2D eigenvalue weighted by molar-refractivity contribution is -0.119. The summed E-state index contributed by atoms with van der Waals surface area (Å²) in [6.45, 7) is 4.66. The standard InChI is InChI=1S/C24H30N2O3S/c1-17(2)19-12-13-22-21(14-19)20-10-6-7-11-23(20)30(28,29)26(22)16-24(27)25-15-18-8-4-3-5-9-18/h6-7,10-14,17-18H,3-5,8-9,15-16H2,1-2H3,(H,25,27). The molecule has 1 aliphatic heterocycles. The molecule has 5 nitrogen and oxygen atoms in total. The fourth-order valence-electron chi connectivity index (χ4n) is 4.51. The van der Waals surface area contributed by atoms with Crippen LogP contribution >= 0.6 is 0 Å². The van der Waals surface area contributed by atoms with Crippen LogP contribution in [0.1, 0.15) is 57.4 Å². The van der Waals surface area contributed by atoms with Crippen LogP contribution in [-0.4, -0.2) is 27.4 Å². The highest BCUT2D eigenvalue weighted by Crippen LogP contribution is 2.43. The zero-order valence-electron chi connectivity index (χ0n) is 17.7. The normalized spacial score (nSPS) is 18.0. The Morgan fingerprint density at radius 2 is 1.80 bits per heavy atom. The van der Waals surface area contributed by atoms with Crippen molar-refractivity contribution in [2.45, 2.75) is 56.8 Å². The van der Waals surface area contributed by atoms with Crippen LogP contribution in [0, 0.1) is 5.92 Å². The summed E-state index contributed by atoms with van der Waals surface area (Å²) in [6, 6.07) is 12.9. The number of nitrogens with one attached hydrogen (secondary N) is 1. The van der Waals surface area contributed by atoms with Crippen LogP contribution in [0.3, 0.4) is 0 Å². The quantitative estimate of drug-likeness (QED) is 0.755. The van der Waals surface area contributed by atoms with E-state index in [1.165, 1.54) is 23.6 Å². The van der Waals surface area contributed by atoms with Gasteiger partial charge in [-0.2, -0.15) is 0 Å². The Bertz CT molecular complexity index is 1040. The Morgan fingerprint density at radius 1 is 1.07 bits per heavy atom. The van der Waals surface area contributed by atoms with Gasteiger partial charge in [0.15, 0.2) is 0 Å². The summed E-state index contributed by atoms with van der Waals surface area (Å²) in [4.78, 5) is 13.0. The summed E-state index contributed by atoms with van der Waals surface area (Å²) < 4.78 is 28.0. The highest BCUT2D eigenvalue weighted by molar-refractivity contribution is 7.93. The third kappa shape index (κ3) is 3.97. The van der Waals surface area contributed by atoms with Crippen molar-refractivity contribution in [2.75, 3.05) is 17.4 Å². The molecule has 0 saturated heterocycles. The summed E-state index contributed by atoms with van der Waals surface area (Å²) in [5.41, 5.74) is 3.29. The van der Waals surface area contributed by atoms with Crippen molar-refractivity contribution >= 4 is 21.6 Å². The van der Waals surface area contributed by atoms with Gasteiger partial charge < -0.3 is 5.32 Å². The second-order valence-electron chi connectivity index (χ2n) is 8.75. The van der Waals surface area contributed by atoms with Gasteiger partial charge in [-0.1, -0.05) is 57.4 Å². The Balaban J connectivity index is 1.64. The Hall–Kier alpha value is -2.34. The van der Waals surface area contributed by atoms with Gasteiger partial charge in [-0.05, 0) is 48.4 Å². The zero-order chi connectivity index (χ0) is 21.3. The van der Waals surface area contributed by atoms with Gasteiger partial charge in [0.05, 0.1) is 10.6 Å². The minimum absolute atomic E-state index is 0.197. The monoisotopic (exact) mass is 426 g/mol. The van der Waals surface area contributed by atoms with Gasteiger partial charge in [0.1, 0.15) is 6.54 Å². The first-order valence-corrected chi connectivity index (χ1v) is 12.3. The fraction of sp³-hybridized carbons (Fsp3) is 0.458. The number of fused-ring (bicyclic) bond motifs is 3. The van der Waals surface area contributed by atoms with Crippen molar-refractivity contribution in [3.8, 4) is 11.1 Å². The van der Waals surface area contributed by atoms with Gasteiger partial charge in [0.2, 0.25) is 5.91 Å². The predicted octanol–water partition coefficient (Wildman–Crippen LogP) is 4.68. The van der Waals surface area contributed by atoms with E-state index in [-0.39, 0.29) is 17.3 Å². The Labute approximate surface area is 179 Å². The molecular formula is C24H30N2O3S. The van der Waals surface area contributed by atoms with Gasteiger partial charge in [0.25, 0.3) is 10.0 Å². The number of benzene rings is 2. The number of carbonyl (C=O) groups is 1. The molecule has 160 valence electrons. The van der Waals surface area contributed by atoms with E-state index in [4.69, 9.17) is 0 Å². The molecule has 1 fully saturated rings. The van der Waals surface area contributed by atoms with Gasteiger partial charge >= 0.3 is 0 Å². The number of amides is 1. The minimum Gasteiger partial charge on any atom is -0.354 e. The maximum atomic E-state index is 13.4. The summed E-state index contributed by atoms with van der Waals surface area (Å²) >= 11 is 0. The number of rotatable bonds is 5. The molecule has 0 radical (unpaired) electrons. The molecule has 2 aromatic carbocycles.